The maximum atomic E-state index is 10.6. The molecule has 0 saturated heterocycles. The number of hydrogen-bond donors (Lipinski definition) is 2. The molecule has 0 aromatic carbocycles. The van der Waals surface area contributed by atoms with Crippen LogP contribution in [0.5, 0.6) is 0 Å². The van der Waals surface area contributed by atoms with Gasteiger partial charge in [-0.05, 0) is 26.1 Å². The highest BCUT2D eigenvalue weighted by Gasteiger charge is 2.20. The average molecular weight is 169 g/mol. The Morgan fingerprint density at radius 3 is 2.67 bits per heavy atom. The van der Waals surface area contributed by atoms with E-state index < -0.39 is 12.0 Å². The first-order valence-electron chi connectivity index (χ1n) is 3.61. The number of rotatable bonds is 3. The van der Waals surface area contributed by atoms with Crippen molar-refractivity contribution in [2.75, 3.05) is 7.05 Å². The summed E-state index contributed by atoms with van der Waals surface area (Å²) in [5.74, 6) is 0.209. The number of furan rings is 1. The van der Waals surface area contributed by atoms with E-state index in [4.69, 9.17) is 9.52 Å². The van der Waals surface area contributed by atoms with Crippen molar-refractivity contribution in [2.45, 2.75) is 13.0 Å². The maximum absolute atomic E-state index is 10.6. The Labute approximate surface area is 70.2 Å². The topological polar surface area (TPSA) is 62.5 Å². The molecule has 0 aliphatic carbocycles. The Morgan fingerprint density at radius 2 is 2.33 bits per heavy atom. The predicted molar refractivity (Wildman–Crippen MR) is 42.9 cm³/mol. The van der Waals surface area contributed by atoms with Crippen molar-refractivity contribution in [1.82, 2.24) is 5.32 Å². The molecular weight excluding hydrogens is 158 g/mol. The smallest absolute Gasteiger partial charge is 0.328 e. The second-order valence-corrected chi connectivity index (χ2v) is 2.51. The summed E-state index contributed by atoms with van der Waals surface area (Å²) < 4.78 is 5.15. The highest BCUT2D eigenvalue weighted by atomic mass is 16.4. The summed E-state index contributed by atoms with van der Waals surface area (Å²) in [7, 11) is 1.58. The number of likely N-dealkylation sites (N-methyl/N-ethyl adjacent to an activating group) is 1. The summed E-state index contributed by atoms with van der Waals surface area (Å²) >= 11 is 0. The van der Waals surface area contributed by atoms with Crippen LogP contribution in [0, 0.1) is 6.92 Å². The van der Waals surface area contributed by atoms with Crippen molar-refractivity contribution in [3.05, 3.63) is 23.7 Å². The largest absolute Gasteiger partial charge is 0.480 e. The minimum atomic E-state index is -0.938. The first kappa shape index (κ1) is 8.80. The maximum Gasteiger partial charge on any atom is 0.328 e. The molecule has 2 N–H and O–H groups in total. The second kappa shape index (κ2) is 3.40. The van der Waals surface area contributed by atoms with Gasteiger partial charge in [0.25, 0.3) is 0 Å². The summed E-state index contributed by atoms with van der Waals surface area (Å²) in [6.07, 6.45) is 0. The lowest BCUT2D eigenvalue weighted by molar-refractivity contribution is -0.139. The molecule has 0 amide bonds. The normalized spacial score (nSPS) is 12.8. The third-order valence-electron chi connectivity index (χ3n) is 1.58. The van der Waals surface area contributed by atoms with E-state index in [1.807, 2.05) is 0 Å². The van der Waals surface area contributed by atoms with Gasteiger partial charge in [-0.25, -0.2) is 0 Å². The molecule has 0 saturated carbocycles. The third kappa shape index (κ3) is 1.65. The fourth-order valence-corrected chi connectivity index (χ4v) is 0.996. The number of carboxylic acid groups (broad SMARTS) is 1. The lowest BCUT2D eigenvalue weighted by atomic mass is 10.2. The monoisotopic (exact) mass is 169 g/mol. The van der Waals surface area contributed by atoms with Crippen molar-refractivity contribution in [3.63, 3.8) is 0 Å². The fourth-order valence-electron chi connectivity index (χ4n) is 0.996. The van der Waals surface area contributed by atoms with E-state index in [0.717, 1.165) is 0 Å². The van der Waals surface area contributed by atoms with Gasteiger partial charge in [0.05, 0.1) is 0 Å². The van der Waals surface area contributed by atoms with Crippen LogP contribution in [0.2, 0.25) is 0 Å². The van der Waals surface area contributed by atoms with Crippen LogP contribution in [0.1, 0.15) is 17.6 Å². The molecular formula is C8H11NO3. The summed E-state index contributed by atoms with van der Waals surface area (Å²) in [5.41, 5.74) is 0. The van der Waals surface area contributed by atoms with E-state index in [1.54, 1.807) is 26.1 Å². The van der Waals surface area contributed by atoms with Crippen LogP contribution < -0.4 is 5.32 Å². The highest BCUT2D eigenvalue weighted by molar-refractivity contribution is 5.74. The Kier molecular flexibility index (Phi) is 2.50. The molecule has 0 spiro atoms. The molecule has 1 heterocycles. The van der Waals surface area contributed by atoms with Gasteiger partial charge in [-0.1, -0.05) is 0 Å². The number of carbonyl (C=O) groups is 1. The SMILES string of the molecule is CNC(C(=O)O)c1ccc(C)o1. The quantitative estimate of drug-likeness (QED) is 0.706. The molecule has 1 aromatic heterocycles. The Bertz CT molecular complexity index is 280. The van der Waals surface area contributed by atoms with Crippen LogP contribution in [-0.2, 0) is 4.79 Å². The summed E-state index contributed by atoms with van der Waals surface area (Å²) in [6, 6.07) is 2.64. The lowest BCUT2D eigenvalue weighted by Crippen LogP contribution is -2.24. The molecule has 1 unspecified atom stereocenters. The molecule has 66 valence electrons. The molecule has 1 atom stereocenters. The van der Waals surface area contributed by atoms with Crippen LogP contribution in [0.15, 0.2) is 16.5 Å². The minimum Gasteiger partial charge on any atom is -0.480 e. The number of carboxylic acids is 1. The van der Waals surface area contributed by atoms with Crippen molar-refractivity contribution in [1.29, 1.82) is 0 Å². The zero-order valence-electron chi connectivity index (χ0n) is 7.00. The van der Waals surface area contributed by atoms with E-state index in [9.17, 15) is 4.79 Å². The van der Waals surface area contributed by atoms with Gasteiger partial charge in [0.2, 0.25) is 0 Å². The third-order valence-corrected chi connectivity index (χ3v) is 1.58. The van der Waals surface area contributed by atoms with Crippen molar-refractivity contribution < 1.29 is 14.3 Å². The Hall–Kier alpha value is -1.29. The van der Waals surface area contributed by atoms with Crippen molar-refractivity contribution >= 4 is 5.97 Å². The van der Waals surface area contributed by atoms with Gasteiger partial charge in [-0.15, -0.1) is 0 Å². The number of nitrogens with one attached hydrogen (secondary N) is 1. The molecule has 1 rings (SSSR count). The van der Waals surface area contributed by atoms with Crippen LogP contribution in [0.4, 0.5) is 0 Å². The molecule has 4 heteroatoms. The molecule has 1 aromatic rings. The molecule has 0 aliphatic rings. The second-order valence-electron chi connectivity index (χ2n) is 2.51. The summed E-state index contributed by atoms with van der Waals surface area (Å²) in [5, 5.41) is 11.4. The van der Waals surface area contributed by atoms with Crippen molar-refractivity contribution in [3.8, 4) is 0 Å². The number of hydrogen-bond acceptors (Lipinski definition) is 3. The zero-order valence-corrected chi connectivity index (χ0v) is 7.00. The summed E-state index contributed by atoms with van der Waals surface area (Å²) in [4.78, 5) is 10.6. The average Bonchev–Trinajstić information content (AvgIpc) is 2.37. The van der Waals surface area contributed by atoms with Gasteiger partial charge in [0, 0.05) is 0 Å². The Balaban J connectivity index is 2.87. The summed E-state index contributed by atoms with van der Waals surface area (Å²) in [6.45, 7) is 1.78. The zero-order chi connectivity index (χ0) is 9.14. The molecule has 4 nitrogen and oxygen atoms in total. The first-order valence-corrected chi connectivity index (χ1v) is 3.61. The molecule has 0 radical (unpaired) electrons. The molecule has 12 heavy (non-hydrogen) atoms. The highest BCUT2D eigenvalue weighted by Crippen LogP contribution is 2.15. The van der Waals surface area contributed by atoms with Gasteiger partial charge >= 0.3 is 5.97 Å². The minimum absolute atomic E-state index is 0.433. The Morgan fingerprint density at radius 1 is 1.67 bits per heavy atom. The lowest BCUT2D eigenvalue weighted by Gasteiger charge is -2.06. The van der Waals surface area contributed by atoms with E-state index in [1.165, 1.54) is 0 Å². The van der Waals surface area contributed by atoms with E-state index in [-0.39, 0.29) is 0 Å². The molecule has 0 aliphatic heterocycles. The van der Waals surface area contributed by atoms with Crippen molar-refractivity contribution in [2.24, 2.45) is 0 Å². The van der Waals surface area contributed by atoms with Crippen LogP contribution in [0.3, 0.4) is 0 Å². The number of aryl methyl sites for hydroxylation is 1. The fraction of sp³-hybridized carbons (Fsp3) is 0.375. The van der Waals surface area contributed by atoms with E-state index >= 15 is 0 Å². The van der Waals surface area contributed by atoms with Gasteiger partial charge in [0.15, 0.2) is 6.04 Å². The molecule has 0 fully saturated rings. The number of aliphatic carboxylic acids is 1. The van der Waals surface area contributed by atoms with Gasteiger partial charge in [0.1, 0.15) is 11.5 Å². The van der Waals surface area contributed by atoms with Gasteiger partial charge in [-0.2, -0.15) is 0 Å². The first-order chi connectivity index (χ1) is 5.65. The van der Waals surface area contributed by atoms with Crippen LogP contribution in [0.25, 0.3) is 0 Å². The predicted octanol–water partition coefficient (Wildman–Crippen LogP) is 0.933. The molecule has 0 bridgehead atoms. The standard InChI is InChI=1S/C8H11NO3/c1-5-3-4-6(12-5)7(9-2)8(10)11/h3-4,7,9H,1-2H3,(H,10,11). The van der Waals surface area contributed by atoms with Gasteiger partial charge in [-0.3, -0.25) is 4.79 Å². The van der Waals surface area contributed by atoms with Crippen LogP contribution >= 0.6 is 0 Å². The van der Waals surface area contributed by atoms with Crippen LogP contribution in [-0.4, -0.2) is 18.1 Å². The van der Waals surface area contributed by atoms with Gasteiger partial charge < -0.3 is 14.8 Å². The van der Waals surface area contributed by atoms with E-state index in [0.29, 0.717) is 11.5 Å². The van der Waals surface area contributed by atoms with E-state index in [2.05, 4.69) is 5.32 Å².